The molecule has 14 rings (SSSR count). The Kier molecular flexibility index (Phi) is 8.48. The summed E-state index contributed by atoms with van der Waals surface area (Å²) in [4.78, 5) is 0. The minimum atomic E-state index is 0.794. The first-order valence-corrected chi connectivity index (χ1v) is 23.0. The number of benzene rings is 10. The van der Waals surface area contributed by atoms with Crippen LogP contribution in [0, 0.1) is 0 Å². The molecule has 0 saturated heterocycles. The molecular weight excluding hydrogens is 831 g/mol. The number of nitrogens with zero attached hydrogens (tertiary/aromatic N) is 5. The first-order valence-electron chi connectivity index (χ1n) is 23.0. The second-order valence-corrected chi connectivity index (χ2v) is 17.4. The van der Waals surface area contributed by atoms with E-state index in [0.29, 0.717) is 0 Å². The summed E-state index contributed by atoms with van der Waals surface area (Å²) in [5, 5.41) is 16.4. The van der Waals surface area contributed by atoms with Crippen molar-refractivity contribution in [3.63, 3.8) is 0 Å². The Bertz CT molecular complexity index is 4210. The van der Waals surface area contributed by atoms with Crippen molar-refractivity contribution in [2.75, 3.05) is 0 Å². The largest absolute Gasteiger partial charge is 0.455 e. The summed E-state index contributed by atoms with van der Waals surface area (Å²) < 4.78 is 13.6. The van der Waals surface area contributed by atoms with Crippen LogP contribution in [0.4, 0.5) is 0 Å². The highest BCUT2D eigenvalue weighted by Crippen LogP contribution is 2.44. The molecule has 0 N–H and O–H groups in total. The molecule has 0 saturated carbocycles. The minimum absolute atomic E-state index is 0.794. The fraction of sp³-hybridized carbons (Fsp3) is 0. The first kappa shape index (κ1) is 38.1. The van der Waals surface area contributed by atoms with Gasteiger partial charge in [-0.25, -0.2) is 0 Å². The monoisotopic (exact) mass is 869 g/mol. The lowest BCUT2D eigenvalue weighted by molar-refractivity contribution is 0.673. The molecule has 0 fully saturated rings. The first-order chi connectivity index (χ1) is 33.8. The molecule has 4 aromatic heterocycles. The third kappa shape index (κ3) is 5.77. The van der Waals surface area contributed by atoms with E-state index in [1.165, 1.54) is 5.39 Å². The molecule has 0 aliphatic heterocycles. The van der Waals surface area contributed by atoms with Gasteiger partial charge in [0.1, 0.15) is 11.2 Å². The van der Waals surface area contributed by atoms with Crippen LogP contribution in [0.15, 0.2) is 241 Å². The summed E-state index contributed by atoms with van der Waals surface area (Å²) in [7, 11) is 0. The maximum absolute atomic E-state index is 6.65. The third-order valence-electron chi connectivity index (χ3n) is 13.6. The number of para-hydroxylation sites is 4. The molecule has 6 heteroatoms. The smallest absolute Gasteiger partial charge is 0.168 e. The Morgan fingerprint density at radius 2 is 0.868 bits per heavy atom. The van der Waals surface area contributed by atoms with Gasteiger partial charge in [-0.05, 0) is 83.4 Å². The highest BCUT2D eigenvalue weighted by molar-refractivity contribution is 6.24. The van der Waals surface area contributed by atoms with E-state index in [1.54, 1.807) is 0 Å². The van der Waals surface area contributed by atoms with Crippen molar-refractivity contribution in [2.24, 2.45) is 0 Å². The molecule has 0 radical (unpaired) electrons. The zero-order valence-electron chi connectivity index (χ0n) is 36.7. The van der Waals surface area contributed by atoms with E-state index in [2.05, 4.69) is 208 Å². The summed E-state index contributed by atoms with van der Waals surface area (Å²) >= 11 is 0. The van der Waals surface area contributed by atoms with Crippen molar-refractivity contribution in [1.82, 2.24) is 23.9 Å². The van der Waals surface area contributed by atoms with E-state index in [9.17, 15) is 0 Å². The zero-order chi connectivity index (χ0) is 44.7. The predicted octanol–water partition coefficient (Wildman–Crippen LogP) is 16.0. The van der Waals surface area contributed by atoms with Crippen LogP contribution in [0.25, 0.3) is 128 Å². The lowest BCUT2D eigenvalue weighted by Gasteiger charge is -2.17. The molecule has 14 aromatic rings. The van der Waals surface area contributed by atoms with Gasteiger partial charge in [0.2, 0.25) is 0 Å². The lowest BCUT2D eigenvalue weighted by atomic mass is 9.93. The molecule has 318 valence electrons. The number of furan rings is 1. The van der Waals surface area contributed by atoms with Gasteiger partial charge in [-0.3, -0.25) is 4.57 Å². The van der Waals surface area contributed by atoms with Crippen molar-refractivity contribution in [3.05, 3.63) is 237 Å². The van der Waals surface area contributed by atoms with E-state index < -0.39 is 0 Å². The quantitative estimate of drug-likeness (QED) is 0.160. The molecule has 6 nitrogen and oxygen atoms in total. The van der Waals surface area contributed by atoms with Gasteiger partial charge in [-0.1, -0.05) is 170 Å². The molecule has 0 aliphatic rings. The van der Waals surface area contributed by atoms with Crippen molar-refractivity contribution >= 4 is 65.6 Å². The maximum Gasteiger partial charge on any atom is 0.168 e. The van der Waals surface area contributed by atoms with Gasteiger partial charge in [-0.15, -0.1) is 10.2 Å². The van der Waals surface area contributed by atoms with Gasteiger partial charge in [-0.2, -0.15) is 0 Å². The van der Waals surface area contributed by atoms with Crippen LogP contribution >= 0.6 is 0 Å². The molecule has 0 amide bonds. The van der Waals surface area contributed by atoms with Crippen LogP contribution in [0.2, 0.25) is 0 Å². The predicted molar refractivity (Wildman–Crippen MR) is 279 cm³/mol. The van der Waals surface area contributed by atoms with E-state index in [0.717, 1.165) is 122 Å². The number of fused-ring (bicyclic) bond motifs is 10. The summed E-state index contributed by atoms with van der Waals surface area (Å²) in [6.45, 7) is 0. The average molecular weight is 870 g/mol. The van der Waals surface area contributed by atoms with E-state index in [4.69, 9.17) is 14.6 Å². The summed E-state index contributed by atoms with van der Waals surface area (Å²) in [6.07, 6.45) is 0. The number of aromatic nitrogens is 5. The summed E-state index contributed by atoms with van der Waals surface area (Å²) in [6, 6.07) is 84.1. The fourth-order valence-electron chi connectivity index (χ4n) is 10.6. The standard InChI is InChI=1S/C62H39N5O/c1-3-18-40(19-4-1)61-63-64-62(41-20-5-2-6-21-41)66(61)44-34-36-56-52(39-44)48-27-10-13-30-53(48)65(56)43-23-17-22-42(38-43)45-24-7-8-25-46(45)47-26-9-14-31-54(47)67-55-32-15-11-29-51(55)59-57(67)37-35-50-49-28-12-16-33-58(49)68-60(50)59/h1-39H. The van der Waals surface area contributed by atoms with Gasteiger partial charge in [0, 0.05) is 49.3 Å². The highest BCUT2D eigenvalue weighted by atomic mass is 16.3. The van der Waals surface area contributed by atoms with E-state index >= 15 is 0 Å². The Morgan fingerprint density at radius 1 is 0.309 bits per heavy atom. The number of hydrogen-bond donors (Lipinski definition) is 0. The molecule has 0 aliphatic carbocycles. The fourth-order valence-corrected chi connectivity index (χ4v) is 10.6. The topological polar surface area (TPSA) is 53.7 Å². The molecular formula is C62H39N5O. The molecule has 0 unspecified atom stereocenters. The van der Waals surface area contributed by atoms with Crippen molar-refractivity contribution < 1.29 is 4.42 Å². The SMILES string of the molecule is c1ccc(-c2nnc(-c3ccccc3)n2-c2ccc3c(c2)c2ccccc2n3-c2cccc(-c3ccccc3-c3ccccc3-n3c4ccccc4c4c5oc6ccccc6c5ccc43)c2)cc1. The highest BCUT2D eigenvalue weighted by Gasteiger charge is 2.23. The van der Waals surface area contributed by atoms with Crippen LogP contribution in [0.5, 0.6) is 0 Å². The minimum Gasteiger partial charge on any atom is -0.455 e. The second kappa shape index (κ2) is 15.2. The van der Waals surface area contributed by atoms with Gasteiger partial charge >= 0.3 is 0 Å². The van der Waals surface area contributed by atoms with Gasteiger partial charge < -0.3 is 13.6 Å². The number of rotatable bonds is 7. The molecule has 10 aromatic carbocycles. The van der Waals surface area contributed by atoms with Crippen molar-refractivity contribution in [3.8, 4) is 62.1 Å². The van der Waals surface area contributed by atoms with Gasteiger partial charge in [0.15, 0.2) is 11.6 Å². The zero-order valence-corrected chi connectivity index (χ0v) is 36.7. The second-order valence-electron chi connectivity index (χ2n) is 17.4. The van der Waals surface area contributed by atoms with Crippen molar-refractivity contribution in [1.29, 1.82) is 0 Å². The number of hydrogen-bond acceptors (Lipinski definition) is 3. The normalized spacial score (nSPS) is 11.8. The van der Waals surface area contributed by atoms with Crippen LogP contribution in [-0.2, 0) is 0 Å². The maximum atomic E-state index is 6.65. The van der Waals surface area contributed by atoms with Gasteiger partial charge in [0.25, 0.3) is 0 Å². The van der Waals surface area contributed by atoms with Crippen molar-refractivity contribution in [2.45, 2.75) is 0 Å². The van der Waals surface area contributed by atoms with Crippen LogP contribution in [0.3, 0.4) is 0 Å². The summed E-state index contributed by atoms with van der Waals surface area (Å²) in [5.74, 6) is 1.59. The Labute approximate surface area is 390 Å². The lowest BCUT2D eigenvalue weighted by Crippen LogP contribution is -2.01. The molecule has 4 heterocycles. The molecule has 0 atom stereocenters. The average Bonchev–Trinajstić information content (AvgIpc) is 4.19. The van der Waals surface area contributed by atoms with E-state index in [-0.39, 0.29) is 0 Å². The van der Waals surface area contributed by atoms with Gasteiger partial charge in [0.05, 0.1) is 38.8 Å². The Hall–Kier alpha value is -9.26. The molecule has 0 bridgehead atoms. The Morgan fingerprint density at radius 3 is 1.63 bits per heavy atom. The third-order valence-corrected chi connectivity index (χ3v) is 13.6. The van der Waals surface area contributed by atoms with E-state index in [1.807, 2.05) is 42.5 Å². The summed E-state index contributed by atoms with van der Waals surface area (Å²) in [5.41, 5.74) is 16.1. The van der Waals surface area contributed by atoms with Crippen LogP contribution in [-0.4, -0.2) is 23.9 Å². The molecule has 0 spiro atoms. The molecule has 68 heavy (non-hydrogen) atoms. The van der Waals surface area contributed by atoms with Crippen LogP contribution in [0.1, 0.15) is 0 Å². The van der Waals surface area contributed by atoms with Crippen LogP contribution < -0.4 is 0 Å². The Balaban J connectivity index is 0.923.